The summed E-state index contributed by atoms with van der Waals surface area (Å²) in [4.78, 5) is 24.2. The van der Waals surface area contributed by atoms with Crippen LogP contribution in [-0.2, 0) is 16.0 Å². The van der Waals surface area contributed by atoms with Crippen molar-refractivity contribution in [2.24, 2.45) is 0 Å². The molecule has 0 fully saturated rings. The number of amides is 2. The summed E-state index contributed by atoms with van der Waals surface area (Å²) in [6, 6.07) is 7.31. The molecule has 17 heavy (non-hydrogen) atoms. The Hall–Kier alpha value is -1.84. The highest BCUT2D eigenvalue weighted by Crippen LogP contribution is 2.10. The molecule has 0 spiro atoms. The Morgan fingerprint density at radius 1 is 1.24 bits per heavy atom. The number of likely N-dealkylation sites (N-methyl/N-ethyl adjacent to an activating group) is 1. The summed E-state index contributed by atoms with van der Waals surface area (Å²) in [7, 11) is 1.79. The molecule has 1 rings (SSSR count). The molecule has 0 unspecified atom stereocenters. The number of nitrogens with zero attached hydrogens (tertiary/aromatic N) is 1. The maximum absolute atomic E-state index is 11.7. The molecular formula is C13H18N2O2. The maximum atomic E-state index is 11.7. The van der Waals surface area contributed by atoms with Crippen LogP contribution in [0.25, 0.3) is 0 Å². The van der Waals surface area contributed by atoms with Gasteiger partial charge in [0.1, 0.15) is 0 Å². The van der Waals surface area contributed by atoms with Crippen LogP contribution in [0.4, 0.5) is 5.69 Å². The zero-order valence-corrected chi connectivity index (χ0v) is 10.5. The van der Waals surface area contributed by atoms with Crippen LogP contribution in [0, 0.1) is 0 Å². The summed E-state index contributed by atoms with van der Waals surface area (Å²) >= 11 is 0. The lowest BCUT2D eigenvalue weighted by Crippen LogP contribution is -2.27. The van der Waals surface area contributed by atoms with E-state index in [1.165, 1.54) is 6.92 Å². The fourth-order valence-corrected chi connectivity index (χ4v) is 1.40. The molecule has 0 saturated carbocycles. The van der Waals surface area contributed by atoms with Gasteiger partial charge in [0.15, 0.2) is 0 Å². The van der Waals surface area contributed by atoms with E-state index in [0.29, 0.717) is 13.0 Å². The van der Waals surface area contributed by atoms with Gasteiger partial charge in [-0.25, -0.2) is 0 Å². The third kappa shape index (κ3) is 4.26. The fraction of sp³-hybridized carbons (Fsp3) is 0.385. The Kier molecular flexibility index (Phi) is 4.69. The minimum Gasteiger partial charge on any atom is -0.346 e. The van der Waals surface area contributed by atoms with Crippen molar-refractivity contribution in [1.82, 2.24) is 4.90 Å². The van der Waals surface area contributed by atoms with Crippen LogP contribution in [0.2, 0.25) is 0 Å². The second-order valence-electron chi connectivity index (χ2n) is 3.96. The lowest BCUT2D eigenvalue weighted by Gasteiger charge is -2.14. The molecule has 4 nitrogen and oxygen atoms in total. The Bertz CT molecular complexity index is 398. The van der Waals surface area contributed by atoms with E-state index in [2.05, 4.69) is 5.32 Å². The van der Waals surface area contributed by atoms with Gasteiger partial charge in [0.2, 0.25) is 11.8 Å². The molecule has 0 heterocycles. The zero-order chi connectivity index (χ0) is 12.8. The first-order valence-corrected chi connectivity index (χ1v) is 5.63. The summed E-state index contributed by atoms with van der Waals surface area (Å²) in [6.45, 7) is 4.12. The molecule has 0 aliphatic rings. The van der Waals surface area contributed by atoms with Crippen molar-refractivity contribution in [2.75, 3.05) is 18.9 Å². The van der Waals surface area contributed by atoms with Crippen molar-refractivity contribution in [3.8, 4) is 0 Å². The first-order chi connectivity index (χ1) is 8.02. The van der Waals surface area contributed by atoms with Crippen LogP contribution in [0.1, 0.15) is 19.4 Å². The van der Waals surface area contributed by atoms with Crippen molar-refractivity contribution < 1.29 is 9.59 Å². The lowest BCUT2D eigenvalue weighted by molar-refractivity contribution is -0.129. The first kappa shape index (κ1) is 13.2. The highest BCUT2D eigenvalue weighted by molar-refractivity contribution is 5.88. The molecule has 1 aromatic rings. The monoisotopic (exact) mass is 234 g/mol. The van der Waals surface area contributed by atoms with E-state index < -0.39 is 0 Å². The molecule has 0 bridgehead atoms. The average Bonchev–Trinajstić information content (AvgIpc) is 2.30. The third-order valence-electron chi connectivity index (χ3n) is 2.53. The normalized spacial score (nSPS) is 9.82. The summed E-state index contributed by atoms with van der Waals surface area (Å²) in [5, 5.41) is 2.68. The molecule has 0 atom stereocenters. The predicted molar refractivity (Wildman–Crippen MR) is 67.8 cm³/mol. The second-order valence-corrected chi connectivity index (χ2v) is 3.96. The van der Waals surface area contributed by atoms with Crippen LogP contribution in [-0.4, -0.2) is 30.3 Å². The van der Waals surface area contributed by atoms with Gasteiger partial charge in [-0.1, -0.05) is 12.1 Å². The van der Waals surface area contributed by atoms with Crippen molar-refractivity contribution in [3.63, 3.8) is 0 Å². The van der Waals surface area contributed by atoms with Gasteiger partial charge in [0.25, 0.3) is 0 Å². The van der Waals surface area contributed by atoms with Crippen LogP contribution >= 0.6 is 0 Å². The Morgan fingerprint density at radius 3 is 2.29 bits per heavy atom. The number of rotatable bonds is 4. The first-order valence-electron chi connectivity index (χ1n) is 5.63. The molecule has 4 heteroatoms. The summed E-state index contributed by atoms with van der Waals surface area (Å²) in [5.74, 6) is -0.000630. The summed E-state index contributed by atoms with van der Waals surface area (Å²) < 4.78 is 0. The van der Waals surface area contributed by atoms with E-state index >= 15 is 0 Å². The van der Waals surface area contributed by atoms with Gasteiger partial charge in [0.05, 0.1) is 6.42 Å². The quantitative estimate of drug-likeness (QED) is 0.861. The van der Waals surface area contributed by atoms with E-state index in [-0.39, 0.29) is 11.8 Å². The van der Waals surface area contributed by atoms with Gasteiger partial charge >= 0.3 is 0 Å². The predicted octanol–water partition coefficient (Wildman–Crippen LogP) is 1.67. The topological polar surface area (TPSA) is 49.4 Å². The molecule has 1 N–H and O–H groups in total. The van der Waals surface area contributed by atoms with E-state index in [0.717, 1.165) is 11.3 Å². The van der Waals surface area contributed by atoms with E-state index in [4.69, 9.17) is 0 Å². The van der Waals surface area contributed by atoms with Crippen LogP contribution in [0.5, 0.6) is 0 Å². The molecule has 1 aromatic carbocycles. The van der Waals surface area contributed by atoms with Gasteiger partial charge in [-0.05, 0) is 24.6 Å². The molecule has 0 aromatic heterocycles. The van der Waals surface area contributed by atoms with Crippen molar-refractivity contribution >= 4 is 17.5 Å². The van der Waals surface area contributed by atoms with E-state index in [1.807, 2.05) is 19.1 Å². The largest absolute Gasteiger partial charge is 0.346 e. The molecule has 0 aliphatic carbocycles. The SMILES string of the molecule is CCN(C)C(=O)Cc1ccc(NC(C)=O)cc1. The Labute approximate surface area is 102 Å². The van der Waals surface area contributed by atoms with E-state index in [1.54, 1.807) is 24.1 Å². The second kappa shape index (κ2) is 6.03. The van der Waals surface area contributed by atoms with Gasteiger partial charge in [-0.15, -0.1) is 0 Å². The zero-order valence-electron chi connectivity index (χ0n) is 10.5. The van der Waals surface area contributed by atoms with Crippen LogP contribution in [0.15, 0.2) is 24.3 Å². The van der Waals surface area contributed by atoms with Crippen molar-refractivity contribution in [3.05, 3.63) is 29.8 Å². The van der Waals surface area contributed by atoms with Crippen molar-refractivity contribution in [2.45, 2.75) is 20.3 Å². The number of carbonyl (C=O) groups is 2. The number of carbonyl (C=O) groups excluding carboxylic acids is 2. The highest BCUT2D eigenvalue weighted by atomic mass is 16.2. The maximum Gasteiger partial charge on any atom is 0.226 e. The number of anilines is 1. The van der Waals surface area contributed by atoms with Gasteiger partial charge in [0, 0.05) is 26.2 Å². The standard InChI is InChI=1S/C13H18N2O2/c1-4-15(3)13(17)9-11-5-7-12(8-6-11)14-10(2)16/h5-8H,4,9H2,1-3H3,(H,14,16). The van der Waals surface area contributed by atoms with Gasteiger partial charge < -0.3 is 10.2 Å². The average molecular weight is 234 g/mol. The molecule has 92 valence electrons. The smallest absolute Gasteiger partial charge is 0.226 e. The van der Waals surface area contributed by atoms with Gasteiger partial charge in [-0.3, -0.25) is 9.59 Å². The molecule has 0 aliphatic heterocycles. The molecule has 2 amide bonds. The molecular weight excluding hydrogens is 216 g/mol. The van der Waals surface area contributed by atoms with Crippen LogP contribution < -0.4 is 5.32 Å². The minimum absolute atomic E-state index is 0.0970. The van der Waals surface area contributed by atoms with Crippen molar-refractivity contribution in [1.29, 1.82) is 0 Å². The molecule has 0 saturated heterocycles. The Morgan fingerprint density at radius 2 is 1.82 bits per heavy atom. The van der Waals surface area contributed by atoms with E-state index in [9.17, 15) is 9.59 Å². The molecule has 0 radical (unpaired) electrons. The number of nitrogens with one attached hydrogen (secondary N) is 1. The fourth-order valence-electron chi connectivity index (χ4n) is 1.40. The Balaban J connectivity index is 2.62. The number of benzene rings is 1. The highest BCUT2D eigenvalue weighted by Gasteiger charge is 2.07. The summed E-state index contributed by atoms with van der Waals surface area (Å²) in [6.07, 6.45) is 0.394. The lowest BCUT2D eigenvalue weighted by atomic mass is 10.1. The minimum atomic E-state index is -0.0976. The summed E-state index contributed by atoms with van der Waals surface area (Å²) in [5.41, 5.74) is 1.70. The third-order valence-corrected chi connectivity index (χ3v) is 2.53. The number of hydrogen-bond acceptors (Lipinski definition) is 2. The van der Waals surface area contributed by atoms with Gasteiger partial charge in [-0.2, -0.15) is 0 Å². The van der Waals surface area contributed by atoms with Crippen LogP contribution in [0.3, 0.4) is 0 Å². The number of hydrogen-bond donors (Lipinski definition) is 1.